The third-order valence-corrected chi connectivity index (χ3v) is 2.55. The molecule has 74 valence electrons. The second-order valence-corrected chi connectivity index (χ2v) is 3.22. The Morgan fingerprint density at radius 1 is 1.54 bits per heavy atom. The number of nitrogens with zero attached hydrogens (tertiary/aromatic N) is 1. The molecule has 0 radical (unpaired) electrons. The highest BCUT2D eigenvalue weighted by atomic mass is 16.4. The Kier molecular flexibility index (Phi) is 2.75. The molecule has 2 N–H and O–H groups in total. The van der Waals surface area contributed by atoms with Gasteiger partial charge in [-0.25, -0.2) is 4.79 Å². The summed E-state index contributed by atoms with van der Waals surface area (Å²) < 4.78 is 0. The van der Waals surface area contributed by atoms with Gasteiger partial charge in [-0.05, 0) is 13.3 Å². The van der Waals surface area contributed by atoms with Crippen LogP contribution < -0.4 is 5.32 Å². The van der Waals surface area contributed by atoms with Gasteiger partial charge in [0.1, 0.15) is 0 Å². The van der Waals surface area contributed by atoms with Gasteiger partial charge in [-0.3, -0.25) is 4.79 Å². The normalized spacial score (nSPS) is 27.4. The first-order chi connectivity index (χ1) is 6.07. The average molecular weight is 186 g/mol. The van der Waals surface area contributed by atoms with Crippen molar-refractivity contribution in [3.8, 4) is 0 Å². The number of carbonyl (C=O) groups excluding carboxylic acids is 1. The molecule has 2 unspecified atom stereocenters. The molecule has 0 bridgehead atoms. The molecule has 5 heteroatoms. The zero-order valence-electron chi connectivity index (χ0n) is 7.78. The summed E-state index contributed by atoms with van der Waals surface area (Å²) >= 11 is 0. The number of likely N-dealkylation sites (tertiary alicyclic amines) is 1. The number of amides is 2. The molecule has 0 saturated carbocycles. The Balaban J connectivity index is 2.65. The summed E-state index contributed by atoms with van der Waals surface area (Å²) in [5, 5.41) is 11.3. The highest BCUT2D eigenvalue weighted by Gasteiger charge is 2.37. The molecule has 2 amide bonds. The first-order valence-electron chi connectivity index (χ1n) is 4.29. The van der Waals surface area contributed by atoms with Gasteiger partial charge in [0.05, 0.1) is 5.92 Å². The standard InChI is InChI=1S/C8H14N2O3/c1-5-6(7(11)12)3-4-10(5)8(13)9-2/h5-6H,3-4H2,1-2H3,(H,9,13)(H,11,12). The molecule has 0 aromatic carbocycles. The quantitative estimate of drug-likeness (QED) is 0.611. The topological polar surface area (TPSA) is 69.6 Å². The third kappa shape index (κ3) is 1.74. The number of aliphatic carboxylic acids is 1. The van der Waals surface area contributed by atoms with E-state index in [1.165, 1.54) is 0 Å². The predicted octanol–water partition coefficient (Wildman–Crippen LogP) is 0.121. The van der Waals surface area contributed by atoms with Crippen LogP contribution in [0, 0.1) is 5.92 Å². The maximum absolute atomic E-state index is 11.2. The summed E-state index contributed by atoms with van der Waals surface area (Å²) in [7, 11) is 1.54. The molecule has 1 aliphatic heterocycles. The minimum atomic E-state index is -0.820. The SMILES string of the molecule is CNC(=O)N1CCC(C(=O)O)C1C. The lowest BCUT2D eigenvalue weighted by molar-refractivity contribution is -0.142. The lowest BCUT2D eigenvalue weighted by Crippen LogP contribution is -2.42. The number of nitrogens with one attached hydrogen (secondary N) is 1. The zero-order chi connectivity index (χ0) is 10.0. The highest BCUT2D eigenvalue weighted by Crippen LogP contribution is 2.23. The summed E-state index contributed by atoms with van der Waals surface area (Å²) in [6.45, 7) is 2.29. The van der Waals surface area contributed by atoms with Gasteiger partial charge < -0.3 is 15.3 Å². The first-order valence-corrected chi connectivity index (χ1v) is 4.29. The molecule has 13 heavy (non-hydrogen) atoms. The van der Waals surface area contributed by atoms with Gasteiger partial charge >= 0.3 is 12.0 Å². The number of carboxylic acid groups (broad SMARTS) is 1. The Morgan fingerprint density at radius 3 is 2.54 bits per heavy atom. The van der Waals surface area contributed by atoms with Crippen molar-refractivity contribution in [1.29, 1.82) is 0 Å². The van der Waals surface area contributed by atoms with E-state index in [0.29, 0.717) is 13.0 Å². The van der Waals surface area contributed by atoms with Crippen LogP contribution in [-0.4, -0.2) is 41.6 Å². The van der Waals surface area contributed by atoms with E-state index in [1.54, 1.807) is 18.9 Å². The number of carboxylic acids is 1. The maximum atomic E-state index is 11.2. The Labute approximate surface area is 76.7 Å². The number of urea groups is 1. The van der Waals surface area contributed by atoms with Crippen molar-refractivity contribution in [2.24, 2.45) is 5.92 Å². The van der Waals surface area contributed by atoms with E-state index in [1.807, 2.05) is 0 Å². The molecular formula is C8H14N2O3. The monoisotopic (exact) mass is 186 g/mol. The molecule has 0 aromatic rings. The molecule has 1 saturated heterocycles. The fraction of sp³-hybridized carbons (Fsp3) is 0.750. The van der Waals surface area contributed by atoms with E-state index < -0.39 is 11.9 Å². The highest BCUT2D eigenvalue weighted by molar-refractivity contribution is 5.77. The van der Waals surface area contributed by atoms with Crippen LogP contribution in [0.15, 0.2) is 0 Å². The number of hydrogen-bond donors (Lipinski definition) is 2. The van der Waals surface area contributed by atoms with Crippen molar-refractivity contribution >= 4 is 12.0 Å². The first kappa shape index (κ1) is 9.83. The van der Waals surface area contributed by atoms with Gasteiger partial charge in [-0.15, -0.1) is 0 Å². The van der Waals surface area contributed by atoms with Crippen molar-refractivity contribution in [2.45, 2.75) is 19.4 Å². The Morgan fingerprint density at radius 2 is 2.15 bits per heavy atom. The number of hydrogen-bond acceptors (Lipinski definition) is 2. The molecular weight excluding hydrogens is 172 g/mol. The second-order valence-electron chi connectivity index (χ2n) is 3.22. The van der Waals surface area contributed by atoms with Crippen molar-refractivity contribution in [1.82, 2.24) is 10.2 Å². The summed E-state index contributed by atoms with van der Waals surface area (Å²) in [4.78, 5) is 23.5. The number of rotatable bonds is 1. The van der Waals surface area contributed by atoms with Gasteiger partial charge in [-0.1, -0.05) is 0 Å². The van der Waals surface area contributed by atoms with Gasteiger partial charge in [0.15, 0.2) is 0 Å². The minimum absolute atomic E-state index is 0.198. The van der Waals surface area contributed by atoms with Crippen LogP contribution in [0.5, 0.6) is 0 Å². The molecule has 5 nitrogen and oxygen atoms in total. The Hall–Kier alpha value is -1.26. The molecule has 2 atom stereocenters. The minimum Gasteiger partial charge on any atom is -0.481 e. The van der Waals surface area contributed by atoms with E-state index in [2.05, 4.69) is 5.32 Å². The molecule has 1 fully saturated rings. The van der Waals surface area contributed by atoms with Crippen LogP contribution in [0.4, 0.5) is 4.79 Å². The molecule has 1 rings (SSSR count). The maximum Gasteiger partial charge on any atom is 0.317 e. The largest absolute Gasteiger partial charge is 0.481 e. The van der Waals surface area contributed by atoms with Gasteiger partial charge in [0, 0.05) is 19.6 Å². The van der Waals surface area contributed by atoms with E-state index in [0.717, 1.165) is 0 Å². The number of carbonyl (C=O) groups is 2. The molecule has 1 aliphatic rings. The van der Waals surface area contributed by atoms with Crippen molar-refractivity contribution < 1.29 is 14.7 Å². The molecule has 0 spiro atoms. The summed E-state index contributed by atoms with van der Waals surface area (Å²) in [6, 6.07) is -0.409. The van der Waals surface area contributed by atoms with Crippen LogP contribution in [0.3, 0.4) is 0 Å². The zero-order valence-corrected chi connectivity index (χ0v) is 7.78. The smallest absolute Gasteiger partial charge is 0.317 e. The van der Waals surface area contributed by atoms with Crippen LogP contribution in [-0.2, 0) is 4.79 Å². The fourth-order valence-electron chi connectivity index (χ4n) is 1.70. The van der Waals surface area contributed by atoms with Gasteiger partial charge in [0.25, 0.3) is 0 Å². The van der Waals surface area contributed by atoms with Crippen LogP contribution >= 0.6 is 0 Å². The lowest BCUT2D eigenvalue weighted by Gasteiger charge is -2.22. The van der Waals surface area contributed by atoms with Crippen LogP contribution in [0.2, 0.25) is 0 Å². The second kappa shape index (κ2) is 3.64. The predicted molar refractivity (Wildman–Crippen MR) is 46.4 cm³/mol. The van der Waals surface area contributed by atoms with E-state index in [9.17, 15) is 9.59 Å². The van der Waals surface area contributed by atoms with E-state index in [-0.39, 0.29) is 12.1 Å². The van der Waals surface area contributed by atoms with Crippen LogP contribution in [0.25, 0.3) is 0 Å². The van der Waals surface area contributed by atoms with Crippen molar-refractivity contribution in [3.05, 3.63) is 0 Å². The van der Waals surface area contributed by atoms with Gasteiger partial charge in [-0.2, -0.15) is 0 Å². The van der Waals surface area contributed by atoms with Crippen molar-refractivity contribution in [3.63, 3.8) is 0 Å². The summed E-state index contributed by atoms with van der Waals surface area (Å²) in [5.74, 6) is -1.24. The lowest BCUT2D eigenvalue weighted by atomic mass is 10.0. The third-order valence-electron chi connectivity index (χ3n) is 2.55. The summed E-state index contributed by atoms with van der Waals surface area (Å²) in [6.07, 6.45) is 0.546. The fourth-order valence-corrected chi connectivity index (χ4v) is 1.70. The molecule has 0 aliphatic carbocycles. The van der Waals surface area contributed by atoms with E-state index >= 15 is 0 Å². The average Bonchev–Trinajstić information content (AvgIpc) is 2.46. The van der Waals surface area contributed by atoms with Crippen molar-refractivity contribution in [2.75, 3.05) is 13.6 Å². The molecule has 0 aromatic heterocycles. The van der Waals surface area contributed by atoms with Crippen LogP contribution in [0.1, 0.15) is 13.3 Å². The summed E-state index contributed by atoms with van der Waals surface area (Å²) in [5.41, 5.74) is 0. The molecule has 1 heterocycles. The van der Waals surface area contributed by atoms with Gasteiger partial charge in [0.2, 0.25) is 0 Å². The Bertz CT molecular complexity index is 229. The van der Waals surface area contributed by atoms with E-state index in [4.69, 9.17) is 5.11 Å².